The van der Waals surface area contributed by atoms with E-state index in [9.17, 15) is 0 Å². The fraction of sp³-hybridized carbons (Fsp3) is 0.0133. The smallest absolute Gasteiger partial charge is 0.0462 e. The van der Waals surface area contributed by atoms with Gasteiger partial charge in [-0.05, 0) is 191 Å². The van der Waals surface area contributed by atoms with Crippen LogP contribution in [0.2, 0.25) is 0 Å². The third-order valence-electron chi connectivity index (χ3n) is 14.9. The Kier molecular flexibility index (Phi) is 12.6. The van der Waals surface area contributed by atoms with Crippen molar-refractivity contribution in [3.05, 3.63) is 314 Å². The molecule has 0 spiro atoms. The van der Waals surface area contributed by atoms with Gasteiger partial charge < -0.3 is 9.80 Å². The monoisotopic (exact) mass is 982 g/mol. The van der Waals surface area contributed by atoms with Gasteiger partial charge in [0.25, 0.3) is 0 Å². The molecule has 0 aliphatic carbocycles. The number of hydrogen-bond acceptors (Lipinski definition) is 2. The van der Waals surface area contributed by atoms with Crippen molar-refractivity contribution in [2.75, 3.05) is 9.80 Å². The van der Waals surface area contributed by atoms with E-state index >= 15 is 0 Å². The number of para-hydroxylation sites is 4. The van der Waals surface area contributed by atoms with Gasteiger partial charge in [0.05, 0.1) is 0 Å². The van der Waals surface area contributed by atoms with Crippen molar-refractivity contribution >= 4 is 88.9 Å². The number of fused-ring (bicyclic) bond motifs is 4. The summed E-state index contributed by atoms with van der Waals surface area (Å²) in [5, 5.41) is 9.73. The second-order valence-electron chi connectivity index (χ2n) is 19.5. The van der Waals surface area contributed by atoms with E-state index in [-0.39, 0.29) is 0 Å². The lowest BCUT2D eigenvalue weighted by atomic mass is 9.83. The van der Waals surface area contributed by atoms with E-state index in [1.807, 2.05) is 0 Å². The molecule has 2 nitrogen and oxygen atoms in total. The first kappa shape index (κ1) is 46.7. The summed E-state index contributed by atoms with van der Waals surface area (Å²) in [4.78, 5) is 4.65. The molecule has 0 fully saturated rings. The topological polar surface area (TPSA) is 6.48 Å². The summed E-state index contributed by atoms with van der Waals surface area (Å²) >= 11 is 0. The number of rotatable bonds is 12. The lowest BCUT2D eigenvalue weighted by molar-refractivity contribution is 1.28. The summed E-state index contributed by atoms with van der Waals surface area (Å²) in [7, 11) is 0. The number of anilines is 6. The maximum Gasteiger partial charge on any atom is 0.0462 e. The van der Waals surface area contributed by atoms with Gasteiger partial charge in [0.15, 0.2) is 0 Å². The Bertz CT molecular complexity index is 4160. The Labute approximate surface area is 451 Å². The standard InChI is InChI=1S/C75H54N2/c1-2-23-57(74-68-36-19-21-38-70(68)75(71-39-22-20-37-69(71)74)58-41-40-53-24-15-16-25-56(53)50-58)51-59-52-72(54-42-46-64(47-43-54)76(60-26-7-3-8-27-60)61-28-9-4-10-29-61)66-34-17-18-35-67(66)73(59)55-44-48-65(49-45-55)77(62-30-11-5-12-31-62)63-32-13-6-14-33-63/h2-52H,1H3/b23-2-,57-51+. The summed E-state index contributed by atoms with van der Waals surface area (Å²) in [5.41, 5.74) is 17.2. The van der Waals surface area contributed by atoms with E-state index in [1.54, 1.807) is 0 Å². The first-order chi connectivity index (χ1) is 38.2. The molecule has 0 N–H and O–H groups in total. The van der Waals surface area contributed by atoms with E-state index in [2.05, 4.69) is 326 Å². The average Bonchev–Trinajstić information content (AvgIpc) is 3.55. The Morgan fingerprint density at radius 1 is 0.299 bits per heavy atom. The van der Waals surface area contributed by atoms with Crippen molar-refractivity contribution in [1.29, 1.82) is 0 Å². The zero-order valence-electron chi connectivity index (χ0n) is 42.8. The fourth-order valence-electron chi connectivity index (χ4n) is 11.5. The molecular formula is C75H54N2. The third-order valence-corrected chi connectivity index (χ3v) is 14.9. The maximum atomic E-state index is 2.45. The third kappa shape index (κ3) is 8.92. The zero-order valence-corrected chi connectivity index (χ0v) is 42.8. The van der Waals surface area contributed by atoms with Crippen LogP contribution in [0, 0.1) is 0 Å². The fourth-order valence-corrected chi connectivity index (χ4v) is 11.5. The van der Waals surface area contributed by atoms with Crippen molar-refractivity contribution < 1.29 is 0 Å². The molecule has 0 bridgehead atoms. The van der Waals surface area contributed by atoms with Gasteiger partial charge in [-0.25, -0.2) is 0 Å². The highest BCUT2D eigenvalue weighted by molar-refractivity contribution is 6.21. The SMILES string of the molecule is C/C=C\C(=C/c1cc(-c2ccc(N(c3ccccc3)c3ccccc3)cc2)c2ccccc2c1-c1ccc(N(c2ccccc2)c2ccccc2)cc1)c1c2ccccc2c(-c2ccc3ccccc3c2)c2ccccc12. The molecule has 364 valence electrons. The average molecular weight is 983 g/mol. The van der Waals surface area contributed by atoms with Crippen LogP contribution in [0.15, 0.2) is 303 Å². The summed E-state index contributed by atoms with van der Waals surface area (Å²) in [5.74, 6) is 0. The first-order valence-corrected chi connectivity index (χ1v) is 26.5. The van der Waals surface area contributed by atoms with Gasteiger partial charge >= 0.3 is 0 Å². The van der Waals surface area contributed by atoms with Gasteiger partial charge in [0.2, 0.25) is 0 Å². The van der Waals surface area contributed by atoms with Gasteiger partial charge in [-0.1, -0.05) is 218 Å². The molecule has 0 saturated heterocycles. The van der Waals surface area contributed by atoms with E-state index in [0.29, 0.717) is 0 Å². The second kappa shape index (κ2) is 20.7. The number of nitrogens with zero attached hydrogens (tertiary/aromatic N) is 2. The quantitative estimate of drug-likeness (QED) is 0.0684. The molecule has 13 rings (SSSR count). The van der Waals surface area contributed by atoms with Crippen molar-refractivity contribution in [1.82, 2.24) is 0 Å². The molecule has 77 heavy (non-hydrogen) atoms. The Morgan fingerprint density at radius 3 is 1.16 bits per heavy atom. The highest BCUT2D eigenvalue weighted by atomic mass is 15.1. The van der Waals surface area contributed by atoms with Gasteiger partial charge in [-0.15, -0.1) is 0 Å². The van der Waals surface area contributed by atoms with Crippen LogP contribution in [-0.2, 0) is 0 Å². The van der Waals surface area contributed by atoms with Crippen LogP contribution in [0.1, 0.15) is 18.1 Å². The van der Waals surface area contributed by atoms with Gasteiger partial charge in [0, 0.05) is 34.1 Å². The van der Waals surface area contributed by atoms with Crippen LogP contribution in [0.4, 0.5) is 34.1 Å². The molecular weight excluding hydrogens is 929 g/mol. The molecule has 0 amide bonds. The normalized spacial score (nSPS) is 11.7. The van der Waals surface area contributed by atoms with E-state index in [1.165, 1.54) is 70.9 Å². The molecule has 0 heterocycles. The first-order valence-electron chi connectivity index (χ1n) is 26.5. The van der Waals surface area contributed by atoms with E-state index < -0.39 is 0 Å². The lowest BCUT2D eigenvalue weighted by Gasteiger charge is -2.26. The molecule has 0 aromatic heterocycles. The molecule has 13 aromatic carbocycles. The van der Waals surface area contributed by atoms with Crippen LogP contribution in [0.5, 0.6) is 0 Å². The molecule has 0 aliphatic rings. The van der Waals surface area contributed by atoms with Gasteiger partial charge in [-0.3, -0.25) is 0 Å². The van der Waals surface area contributed by atoms with Gasteiger partial charge in [-0.2, -0.15) is 0 Å². The highest BCUT2D eigenvalue weighted by Gasteiger charge is 2.21. The Morgan fingerprint density at radius 2 is 0.675 bits per heavy atom. The maximum absolute atomic E-state index is 2.45. The predicted octanol–water partition coefficient (Wildman–Crippen LogP) is 21.4. The summed E-state index contributed by atoms with van der Waals surface area (Å²) in [6.45, 7) is 2.13. The van der Waals surface area contributed by atoms with E-state index in [4.69, 9.17) is 0 Å². The highest BCUT2D eigenvalue weighted by Crippen LogP contribution is 2.47. The minimum absolute atomic E-state index is 1.09. The van der Waals surface area contributed by atoms with E-state index in [0.717, 1.165) is 56.4 Å². The van der Waals surface area contributed by atoms with Crippen LogP contribution in [0.3, 0.4) is 0 Å². The molecule has 0 atom stereocenters. The predicted molar refractivity (Wildman–Crippen MR) is 331 cm³/mol. The molecule has 2 heteroatoms. The molecule has 0 aliphatic heterocycles. The van der Waals surface area contributed by atoms with Crippen LogP contribution >= 0.6 is 0 Å². The van der Waals surface area contributed by atoms with Crippen LogP contribution in [-0.4, -0.2) is 0 Å². The summed E-state index contributed by atoms with van der Waals surface area (Å²) in [6, 6.07) is 106. The number of benzene rings is 13. The van der Waals surface area contributed by atoms with Crippen molar-refractivity contribution in [2.24, 2.45) is 0 Å². The minimum atomic E-state index is 1.09. The molecule has 13 aromatic rings. The lowest BCUT2D eigenvalue weighted by Crippen LogP contribution is -2.09. The Hall–Kier alpha value is -10.0. The van der Waals surface area contributed by atoms with Crippen molar-refractivity contribution in [3.8, 4) is 33.4 Å². The minimum Gasteiger partial charge on any atom is -0.311 e. The molecule has 0 radical (unpaired) electrons. The van der Waals surface area contributed by atoms with Crippen molar-refractivity contribution in [2.45, 2.75) is 6.92 Å². The van der Waals surface area contributed by atoms with Crippen LogP contribution < -0.4 is 9.80 Å². The Balaban J connectivity index is 1.04. The zero-order chi connectivity index (χ0) is 51.5. The second-order valence-corrected chi connectivity index (χ2v) is 19.5. The summed E-state index contributed by atoms with van der Waals surface area (Å²) in [6.07, 6.45) is 6.94. The van der Waals surface area contributed by atoms with Crippen LogP contribution in [0.25, 0.3) is 88.1 Å². The van der Waals surface area contributed by atoms with Crippen molar-refractivity contribution in [3.63, 3.8) is 0 Å². The largest absolute Gasteiger partial charge is 0.311 e. The summed E-state index contributed by atoms with van der Waals surface area (Å²) < 4.78 is 0. The number of hydrogen-bond donors (Lipinski definition) is 0. The molecule has 0 unspecified atom stereocenters. The number of allylic oxidation sites excluding steroid dienone is 3. The van der Waals surface area contributed by atoms with Gasteiger partial charge in [0.1, 0.15) is 0 Å². The molecule has 0 saturated carbocycles.